The van der Waals surface area contributed by atoms with Crippen LogP contribution in [-0.2, 0) is 9.53 Å². The topological polar surface area (TPSA) is 38.3 Å². The highest BCUT2D eigenvalue weighted by Gasteiger charge is 2.15. The molecule has 1 N–H and O–H groups in total. The SMILES string of the molecule is CCCNC(CCC)C(=O)COC. The van der Waals surface area contributed by atoms with Crippen molar-refractivity contribution >= 4 is 5.78 Å². The van der Waals surface area contributed by atoms with E-state index in [-0.39, 0.29) is 18.4 Å². The lowest BCUT2D eigenvalue weighted by Gasteiger charge is -2.15. The number of hydrogen-bond acceptors (Lipinski definition) is 3. The highest BCUT2D eigenvalue weighted by Crippen LogP contribution is 1.98. The smallest absolute Gasteiger partial charge is 0.175 e. The van der Waals surface area contributed by atoms with Gasteiger partial charge in [0.1, 0.15) is 6.61 Å². The predicted octanol–water partition coefficient (Wildman–Crippen LogP) is 1.37. The third kappa shape index (κ3) is 5.77. The van der Waals surface area contributed by atoms with Crippen molar-refractivity contribution in [3.63, 3.8) is 0 Å². The summed E-state index contributed by atoms with van der Waals surface area (Å²) in [6.07, 6.45) is 2.99. The standard InChI is InChI=1S/C10H21NO2/c1-4-6-9(11-7-5-2)10(12)8-13-3/h9,11H,4-8H2,1-3H3. The van der Waals surface area contributed by atoms with Crippen molar-refractivity contribution < 1.29 is 9.53 Å². The Morgan fingerprint density at radius 3 is 2.54 bits per heavy atom. The van der Waals surface area contributed by atoms with E-state index in [0.29, 0.717) is 0 Å². The van der Waals surface area contributed by atoms with Crippen molar-refractivity contribution in [2.45, 2.75) is 39.2 Å². The zero-order chi connectivity index (χ0) is 10.1. The molecule has 0 fully saturated rings. The molecule has 0 aliphatic heterocycles. The molecule has 0 radical (unpaired) electrons. The molecule has 0 aromatic rings. The zero-order valence-electron chi connectivity index (χ0n) is 8.93. The molecule has 1 atom stereocenters. The third-order valence-corrected chi connectivity index (χ3v) is 1.89. The van der Waals surface area contributed by atoms with Crippen molar-refractivity contribution in [2.75, 3.05) is 20.3 Å². The molecule has 3 nitrogen and oxygen atoms in total. The zero-order valence-corrected chi connectivity index (χ0v) is 8.93. The van der Waals surface area contributed by atoms with Crippen LogP contribution in [0.15, 0.2) is 0 Å². The molecule has 0 spiro atoms. The minimum atomic E-state index is -0.00935. The first-order valence-electron chi connectivity index (χ1n) is 5.01. The first-order chi connectivity index (χ1) is 6.26. The highest BCUT2D eigenvalue weighted by atomic mass is 16.5. The predicted molar refractivity (Wildman–Crippen MR) is 53.9 cm³/mol. The van der Waals surface area contributed by atoms with Crippen LogP contribution in [0, 0.1) is 0 Å². The molecule has 1 unspecified atom stereocenters. The molecule has 13 heavy (non-hydrogen) atoms. The molecule has 0 heterocycles. The van der Waals surface area contributed by atoms with Gasteiger partial charge in [0, 0.05) is 7.11 Å². The summed E-state index contributed by atoms with van der Waals surface area (Å²) in [5.74, 6) is 0.165. The van der Waals surface area contributed by atoms with Crippen LogP contribution in [0.5, 0.6) is 0 Å². The second-order valence-electron chi connectivity index (χ2n) is 3.19. The second-order valence-corrected chi connectivity index (χ2v) is 3.19. The Kier molecular flexibility index (Phi) is 7.94. The molecular formula is C10H21NO2. The molecule has 78 valence electrons. The summed E-state index contributed by atoms with van der Waals surface area (Å²) < 4.78 is 4.82. The number of methoxy groups -OCH3 is 1. The number of Topliss-reactive ketones (excluding diaryl/α,β-unsaturated/α-hetero) is 1. The molecule has 0 saturated carbocycles. The third-order valence-electron chi connectivity index (χ3n) is 1.89. The number of hydrogen-bond donors (Lipinski definition) is 1. The summed E-state index contributed by atoms with van der Waals surface area (Å²) in [7, 11) is 1.56. The van der Waals surface area contributed by atoms with E-state index in [1.165, 1.54) is 0 Å². The Morgan fingerprint density at radius 2 is 2.08 bits per heavy atom. The Hall–Kier alpha value is -0.410. The van der Waals surface area contributed by atoms with Crippen LogP contribution >= 0.6 is 0 Å². The molecule has 3 heteroatoms. The van der Waals surface area contributed by atoms with Crippen molar-refractivity contribution in [3.05, 3.63) is 0 Å². The van der Waals surface area contributed by atoms with Gasteiger partial charge in [0.05, 0.1) is 6.04 Å². The Bertz CT molecular complexity index is 137. The number of carbonyl (C=O) groups is 1. The van der Waals surface area contributed by atoms with E-state index in [9.17, 15) is 4.79 Å². The van der Waals surface area contributed by atoms with E-state index in [1.54, 1.807) is 7.11 Å². The Morgan fingerprint density at radius 1 is 1.38 bits per heavy atom. The monoisotopic (exact) mass is 187 g/mol. The van der Waals surface area contributed by atoms with Crippen LogP contribution < -0.4 is 5.32 Å². The van der Waals surface area contributed by atoms with Gasteiger partial charge in [-0.2, -0.15) is 0 Å². The fraction of sp³-hybridized carbons (Fsp3) is 0.900. The van der Waals surface area contributed by atoms with Crippen LogP contribution in [0.4, 0.5) is 0 Å². The molecule has 0 rings (SSSR count). The summed E-state index contributed by atoms with van der Waals surface area (Å²) >= 11 is 0. The van der Waals surface area contributed by atoms with E-state index in [2.05, 4.69) is 19.2 Å². The lowest BCUT2D eigenvalue weighted by molar-refractivity contribution is -0.124. The van der Waals surface area contributed by atoms with Crippen LogP contribution in [0.3, 0.4) is 0 Å². The second kappa shape index (κ2) is 8.20. The number of ether oxygens (including phenoxy) is 1. The van der Waals surface area contributed by atoms with Crippen molar-refractivity contribution in [1.82, 2.24) is 5.32 Å². The van der Waals surface area contributed by atoms with Gasteiger partial charge < -0.3 is 10.1 Å². The minimum Gasteiger partial charge on any atom is -0.377 e. The molecule has 0 aliphatic rings. The van der Waals surface area contributed by atoms with Crippen LogP contribution in [0.1, 0.15) is 33.1 Å². The molecule has 0 bridgehead atoms. The van der Waals surface area contributed by atoms with Crippen molar-refractivity contribution in [3.8, 4) is 0 Å². The summed E-state index contributed by atoms with van der Waals surface area (Å²) in [6, 6.07) is -0.00935. The first kappa shape index (κ1) is 12.6. The first-order valence-corrected chi connectivity index (χ1v) is 5.01. The largest absolute Gasteiger partial charge is 0.377 e. The maximum atomic E-state index is 11.5. The van der Waals surface area contributed by atoms with Gasteiger partial charge in [-0.3, -0.25) is 4.79 Å². The van der Waals surface area contributed by atoms with Gasteiger partial charge in [-0.25, -0.2) is 0 Å². The molecule has 0 saturated heterocycles. The normalized spacial score (nSPS) is 12.8. The van der Waals surface area contributed by atoms with E-state index in [1.807, 2.05) is 0 Å². The average molecular weight is 187 g/mol. The molecular weight excluding hydrogens is 166 g/mol. The van der Waals surface area contributed by atoms with Gasteiger partial charge in [-0.15, -0.1) is 0 Å². The number of rotatable bonds is 8. The average Bonchev–Trinajstić information content (AvgIpc) is 2.12. The van der Waals surface area contributed by atoms with Gasteiger partial charge in [-0.1, -0.05) is 20.3 Å². The number of carbonyl (C=O) groups excluding carboxylic acids is 1. The van der Waals surface area contributed by atoms with Gasteiger partial charge >= 0.3 is 0 Å². The van der Waals surface area contributed by atoms with Crippen LogP contribution in [-0.4, -0.2) is 32.1 Å². The summed E-state index contributed by atoms with van der Waals surface area (Å²) in [5.41, 5.74) is 0. The van der Waals surface area contributed by atoms with Crippen molar-refractivity contribution in [1.29, 1.82) is 0 Å². The highest BCUT2D eigenvalue weighted by molar-refractivity contribution is 5.85. The van der Waals surface area contributed by atoms with Gasteiger partial charge in [0.25, 0.3) is 0 Å². The maximum Gasteiger partial charge on any atom is 0.175 e. The van der Waals surface area contributed by atoms with Crippen LogP contribution in [0.2, 0.25) is 0 Å². The minimum absolute atomic E-state index is 0.00935. The fourth-order valence-electron chi connectivity index (χ4n) is 1.23. The Labute approximate surface area is 80.8 Å². The number of nitrogens with one attached hydrogen (secondary N) is 1. The lowest BCUT2D eigenvalue weighted by atomic mass is 10.1. The quantitative estimate of drug-likeness (QED) is 0.623. The fourth-order valence-corrected chi connectivity index (χ4v) is 1.23. The lowest BCUT2D eigenvalue weighted by Crippen LogP contribution is -2.39. The summed E-state index contributed by atoms with van der Waals surface area (Å²) in [5, 5.41) is 3.23. The molecule has 0 aliphatic carbocycles. The van der Waals surface area contributed by atoms with Crippen molar-refractivity contribution in [2.24, 2.45) is 0 Å². The Balaban J connectivity index is 3.83. The van der Waals surface area contributed by atoms with Gasteiger partial charge in [-0.05, 0) is 19.4 Å². The van der Waals surface area contributed by atoms with Gasteiger partial charge in [0.2, 0.25) is 0 Å². The molecule has 0 aromatic heterocycles. The summed E-state index contributed by atoms with van der Waals surface area (Å²) in [6.45, 7) is 5.30. The van der Waals surface area contributed by atoms with E-state index < -0.39 is 0 Å². The van der Waals surface area contributed by atoms with E-state index in [0.717, 1.165) is 25.8 Å². The molecule has 0 amide bonds. The van der Waals surface area contributed by atoms with Crippen LogP contribution in [0.25, 0.3) is 0 Å². The van der Waals surface area contributed by atoms with E-state index >= 15 is 0 Å². The number of ketones is 1. The molecule has 0 aromatic carbocycles. The maximum absolute atomic E-state index is 11.5. The summed E-state index contributed by atoms with van der Waals surface area (Å²) in [4.78, 5) is 11.5. The van der Waals surface area contributed by atoms with Gasteiger partial charge in [0.15, 0.2) is 5.78 Å². The van der Waals surface area contributed by atoms with E-state index in [4.69, 9.17) is 4.74 Å².